The lowest BCUT2D eigenvalue weighted by Crippen LogP contribution is -2.36. The highest BCUT2D eigenvalue weighted by atomic mass is 19.1. The van der Waals surface area contributed by atoms with Crippen molar-refractivity contribution in [2.24, 2.45) is 0 Å². The number of rotatable bonds is 5. The van der Waals surface area contributed by atoms with Crippen molar-refractivity contribution in [3.05, 3.63) is 35.4 Å². The van der Waals surface area contributed by atoms with Crippen LogP contribution in [0.1, 0.15) is 31.9 Å². The van der Waals surface area contributed by atoms with E-state index in [9.17, 15) is 13.6 Å². The van der Waals surface area contributed by atoms with Crippen molar-refractivity contribution in [1.82, 2.24) is 5.32 Å². The topological polar surface area (TPSA) is 49.3 Å². The number of halogens is 2. The Bertz CT molecular complexity index is 409. The Labute approximate surface area is 98.5 Å². The van der Waals surface area contributed by atoms with Gasteiger partial charge in [0.05, 0.1) is 0 Å². The molecule has 0 saturated heterocycles. The van der Waals surface area contributed by atoms with E-state index >= 15 is 0 Å². The predicted octanol–water partition coefficient (Wildman–Crippen LogP) is 2.48. The Hall–Kier alpha value is -1.49. The van der Waals surface area contributed by atoms with Gasteiger partial charge in [-0.25, -0.2) is 8.78 Å². The summed E-state index contributed by atoms with van der Waals surface area (Å²) in [6.07, 6.45) is 0.470. The van der Waals surface area contributed by atoms with Crippen molar-refractivity contribution < 1.29 is 18.7 Å². The van der Waals surface area contributed by atoms with E-state index in [-0.39, 0.29) is 5.56 Å². The van der Waals surface area contributed by atoms with Gasteiger partial charge in [0.15, 0.2) is 0 Å². The van der Waals surface area contributed by atoms with E-state index in [1.165, 1.54) is 6.92 Å². The SMILES string of the molecule is CCC(NC(C)C(=O)O)c1cc(F)ccc1F. The molecule has 0 bridgehead atoms. The zero-order valence-corrected chi connectivity index (χ0v) is 9.71. The molecular weight excluding hydrogens is 228 g/mol. The standard InChI is InChI=1S/C12H15F2NO2/c1-3-11(15-7(2)12(16)17)9-6-8(13)4-5-10(9)14/h4-7,11,15H,3H2,1-2H3,(H,16,17). The molecule has 0 radical (unpaired) electrons. The van der Waals surface area contributed by atoms with Crippen LogP contribution in [-0.4, -0.2) is 17.1 Å². The number of carboxylic acid groups (broad SMARTS) is 1. The lowest BCUT2D eigenvalue weighted by Gasteiger charge is -2.20. The van der Waals surface area contributed by atoms with Crippen molar-refractivity contribution in [3.8, 4) is 0 Å². The van der Waals surface area contributed by atoms with E-state index < -0.39 is 29.7 Å². The fourth-order valence-corrected chi connectivity index (χ4v) is 1.58. The van der Waals surface area contributed by atoms with Crippen molar-refractivity contribution in [3.63, 3.8) is 0 Å². The number of aliphatic carboxylic acids is 1. The highest BCUT2D eigenvalue weighted by Gasteiger charge is 2.20. The van der Waals surface area contributed by atoms with Crippen molar-refractivity contribution in [1.29, 1.82) is 0 Å². The van der Waals surface area contributed by atoms with E-state index in [0.717, 1.165) is 18.2 Å². The third-order valence-corrected chi connectivity index (χ3v) is 2.56. The van der Waals surface area contributed by atoms with Gasteiger partial charge in [-0.15, -0.1) is 0 Å². The van der Waals surface area contributed by atoms with Crippen molar-refractivity contribution in [2.45, 2.75) is 32.4 Å². The molecule has 5 heteroatoms. The maximum absolute atomic E-state index is 13.5. The first kappa shape index (κ1) is 13.6. The van der Waals surface area contributed by atoms with Crippen molar-refractivity contribution >= 4 is 5.97 Å². The summed E-state index contributed by atoms with van der Waals surface area (Å²) in [4.78, 5) is 10.7. The van der Waals surface area contributed by atoms with Crippen LogP contribution in [0, 0.1) is 11.6 Å². The maximum Gasteiger partial charge on any atom is 0.320 e. The normalized spacial score (nSPS) is 14.4. The molecule has 94 valence electrons. The summed E-state index contributed by atoms with van der Waals surface area (Å²) < 4.78 is 26.5. The molecule has 2 unspecified atom stereocenters. The van der Waals surface area contributed by atoms with E-state index in [1.54, 1.807) is 6.92 Å². The Morgan fingerprint density at radius 2 is 2.12 bits per heavy atom. The predicted molar refractivity (Wildman–Crippen MR) is 59.6 cm³/mol. The summed E-state index contributed by atoms with van der Waals surface area (Å²) in [5.74, 6) is -2.10. The Balaban J connectivity index is 2.93. The first-order chi connectivity index (χ1) is 7.95. The molecule has 1 aromatic rings. The summed E-state index contributed by atoms with van der Waals surface area (Å²) in [6.45, 7) is 3.23. The molecule has 0 aliphatic rings. The molecule has 0 spiro atoms. The molecule has 0 fully saturated rings. The molecule has 0 saturated carbocycles. The molecular formula is C12H15F2NO2. The van der Waals surface area contributed by atoms with Crippen LogP contribution in [-0.2, 0) is 4.79 Å². The Morgan fingerprint density at radius 3 is 2.65 bits per heavy atom. The second-order valence-electron chi connectivity index (χ2n) is 3.85. The van der Waals surface area contributed by atoms with E-state index in [2.05, 4.69) is 5.32 Å². The van der Waals surface area contributed by atoms with Gasteiger partial charge in [-0.2, -0.15) is 0 Å². The number of nitrogens with one attached hydrogen (secondary N) is 1. The zero-order valence-electron chi connectivity index (χ0n) is 9.71. The highest BCUT2D eigenvalue weighted by molar-refractivity contribution is 5.72. The van der Waals surface area contributed by atoms with Gasteiger partial charge in [-0.3, -0.25) is 10.1 Å². The molecule has 17 heavy (non-hydrogen) atoms. The van der Waals surface area contributed by atoms with Gasteiger partial charge in [-0.05, 0) is 31.5 Å². The monoisotopic (exact) mass is 243 g/mol. The largest absolute Gasteiger partial charge is 0.480 e. The van der Waals surface area contributed by atoms with Gasteiger partial charge in [0.25, 0.3) is 0 Å². The molecule has 2 atom stereocenters. The number of carbonyl (C=O) groups is 1. The van der Waals surface area contributed by atoms with Crippen molar-refractivity contribution in [2.75, 3.05) is 0 Å². The van der Waals surface area contributed by atoms with Crippen LogP contribution in [0.3, 0.4) is 0 Å². The van der Waals surface area contributed by atoms with Crippen LogP contribution in [0.25, 0.3) is 0 Å². The number of carboxylic acids is 1. The average Bonchev–Trinajstić information content (AvgIpc) is 2.29. The first-order valence-electron chi connectivity index (χ1n) is 5.39. The summed E-state index contributed by atoms with van der Waals surface area (Å²) in [5, 5.41) is 11.5. The smallest absolute Gasteiger partial charge is 0.320 e. The summed E-state index contributed by atoms with van der Waals surface area (Å²) in [6, 6.07) is 1.83. The molecule has 1 rings (SSSR count). The molecule has 0 aromatic heterocycles. The minimum atomic E-state index is -1.03. The van der Waals surface area contributed by atoms with Gasteiger partial charge in [0.2, 0.25) is 0 Å². The van der Waals surface area contributed by atoms with Crippen LogP contribution in [0.15, 0.2) is 18.2 Å². The third-order valence-electron chi connectivity index (χ3n) is 2.56. The van der Waals surface area contributed by atoms with E-state index in [4.69, 9.17) is 5.11 Å². The fraction of sp³-hybridized carbons (Fsp3) is 0.417. The quantitative estimate of drug-likeness (QED) is 0.835. The third kappa shape index (κ3) is 3.49. The molecule has 3 nitrogen and oxygen atoms in total. The molecule has 0 amide bonds. The highest BCUT2D eigenvalue weighted by Crippen LogP contribution is 2.21. The van der Waals surface area contributed by atoms with Crippen LogP contribution in [0.4, 0.5) is 8.78 Å². The van der Waals surface area contributed by atoms with Gasteiger partial charge < -0.3 is 5.11 Å². The minimum absolute atomic E-state index is 0.153. The van der Waals surface area contributed by atoms with E-state index in [1.807, 2.05) is 0 Å². The zero-order chi connectivity index (χ0) is 13.0. The lowest BCUT2D eigenvalue weighted by molar-refractivity contribution is -0.139. The molecule has 0 heterocycles. The molecule has 0 aliphatic carbocycles. The lowest BCUT2D eigenvalue weighted by atomic mass is 10.0. The van der Waals surface area contributed by atoms with Gasteiger partial charge in [0, 0.05) is 11.6 Å². The minimum Gasteiger partial charge on any atom is -0.480 e. The van der Waals surface area contributed by atoms with Crippen LogP contribution in [0.2, 0.25) is 0 Å². The Kier molecular flexibility index (Phi) is 4.57. The van der Waals surface area contributed by atoms with Crippen LogP contribution < -0.4 is 5.32 Å². The molecule has 2 N–H and O–H groups in total. The summed E-state index contributed by atoms with van der Waals surface area (Å²) in [7, 11) is 0. The maximum atomic E-state index is 13.5. The number of hydrogen-bond donors (Lipinski definition) is 2. The second kappa shape index (κ2) is 5.72. The summed E-state index contributed by atoms with van der Waals surface area (Å²) in [5.41, 5.74) is 0.153. The first-order valence-corrected chi connectivity index (χ1v) is 5.39. The Morgan fingerprint density at radius 1 is 1.47 bits per heavy atom. The van der Waals surface area contributed by atoms with Gasteiger partial charge in [-0.1, -0.05) is 6.92 Å². The fourth-order valence-electron chi connectivity index (χ4n) is 1.58. The average molecular weight is 243 g/mol. The number of hydrogen-bond acceptors (Lipinski definition) is 2. The van der Waals surface area contributed by atoms with Crippen LogP contribution >= 0.6 is 0 Å². The van der Waals surface area contributed by atoms with E-state index in [0.29, 0.717) is 6.42 Å². The molecule has 1 aromatic carbocycles. The van der Waals surface area contributed by atoms with Gasteiger partial charge in [0.1, 0.15) is 17.7 Å². The molecule has 0 aliphatic heterocycles. The number of benzene rings is 1. The summed E-state index contributed by atoms with van der Waals surface area (Å²) >= 11 is 0. The van der Waals surface area contributed by atoms with Gasteiger partial charge >= 0.3 is 5.97 Å². The van der Waals surface area contributed by atoms with Crippen LogP contribution in [0.5, 0.6) is 0 Å². The second-order valence-corrected chi connectivity index (χ2v) is 3.85.